The molecule has 4 rings (SSSR count). The lowest BCUT2D eigenvalue weighted by atomic mass is 9.86. The zero-order valence-corrected chi connectivity index (χ0v) is 15.0. The molecule has 0 saturated heterocycles. The van der Waals surface area contributed by atoms with Crippen LogP contribution in [0, 0.1) is 5.92 Å². The van der Waals surface area contributed by atoms with Crippen LogP contribution in [0.4, 0.5) is 0 Å². The predicted octanol–water partition coefficient (Wildman–Crippen LogP) is 4.74. The maximum atomic E-state index is 5.04. The molecule has 0 fully saturated rings. The lowest BCUT2D eigenvalue weighted by Gasteiger charge is -2.21. The third-order valence-corrected chi connectivity index (χ3v) is 4.75. The third kappa shape index (κ3) is 3.23. The Balaban J connectivity index is 1.69. The van der Waals surface area contributed by atoms with Crippen molar-refractivity contribution in [2.24, 2.45) is 11.1 Å². The van der Waals surface area contributed by atoms with Crippen LogP contribution in [0.3, 0.4) is 0 Å². The molecule has 3 aromatic rings. The summed E-state index contributed by atoms with van der Waals surface area (Å²) in [5.74, 6) is 0.502. The highest BCUT2D eigenvalue weighted by molar-refractivity contribution is 6.02. The molecule has 0 saturated carbocycles. The van der Waals surface area contributed by atoms with Crippen molar-refractivity contribution in [3.63, 3.8) is 0 Å². The van der Waals surface area contributed by atoms with Gasteiger partial charge in [0.1, 0.15) is 7.11 Å². The van der Waals surface area contributed by atoms with Gasteiger partial charge in [0.05, 0.1) is 17.1 Å². The summed E-state index contributed by atoms with van der Waals surface area (Å²) in [5, 5.41) is 13.1. The molecule has 26 heavy (non-hydrogen) atoms. The normalized spacial score (nSPS) is 17.8. The van der Waals surface area contributed by atoms with Crippen LogP contribution >= 0.6 is 0 Å². The number of fused-ring (bicyclic) bond motifs is 1. The van der Waals surface area contributed by atoms with E-state index < -0.39 is 0 Å². The number of nitrogens with zero attached hydrogens (tertiary/aromatic N) is 3. The molecule has 1 atom stereocenters. The summed E-state index contributed by atoms with van der Waals surface area (Å²) in [4.78, 5) is 5.04. The van der Waals surface area contributed by atoms with Gasteiger partial charge < -0.3 is 4.84 Å². The van der Waals surface area contributed by atoms with Crippen molar-refractivity contribution >= 4 is 5.71 Å². The number of hydrogen-bond donors (Lipinski definition) is 0. The minimum absolute atomic E-state index is 0.502. The largest absolute Gasteiger partial charge is 0.399 e. The van der Waals surface area contributed by atoms with Gasteiger partial charge in [0.25, 0.3) is 0 Å². The maximum absolute atomic E-state index is 5.04. The second-order valence-electron chi connectivity index (χ2n) is 6.77. The average Bonchev–Trinajstić information content (AvgIpc) is 2.69. The van der Waals surface area contributed by atoms with Gasteiger partial charge >= 0.3 is 0 Å². The molecule has 0 radical (unpaired) electrons. The van der Waals surface area contributed by atoms with Crippen molar-refractivity contribution in [3.8, 4) is 22.4 Å². The fourth-order valence-corrected chi connectivity index (χ4v) is 3.46. The molecule has 0 N–H and O–H groups in total. The highest BCUT2D eigenvalue weighted by Gasteiger charge is 2.24. The van der Waals surface area contributed by atoms with Crippen LogP contribution < -0.4 is 0 Å². The van der Waals surface area contributed by atoms with Gasteiger partial charge in [0.2, 0.25) is 0 Å². The van der Waals surface area contributed by atoms with Crippen molar-refractivity contribution in [1.29, 1.82) is 0 Å². The Bertz CT molecular complexity index is 933. The summed E-state index contributed by atoms with van der Waals surface area (Å²) in [6.45, 7) is 2.20. The van der Waals surface area contributed by atoms with E-state index in [0.29, 0.717) is 5.92 Å². The van der Waals surface area contributed by atoms with Crippen LogP contribution in [-0.2, 0) is 11.3 Å². The zero-order chi connectivity index (χ0) is 17.9. The summed E-state index contributed by atoms with van der Waals surface area (Å²) in [7, 11) is 1.59. The Morgan fingerprint density at radius 1 is 0.885 bits per heavy atom. The Morgan fingerprint density at radius 3 is 2.31 bits per heavy atom. The highest BCUT2D eigenvalue weighted by atomic mass is 16.6. The molecule has 1 heterocycles. The van der Waals surface area contributed by atoms with Crippen molar-refractivity contribution in [1.82, 2.24) is 10.2 Å². The van der Waals surface area contributed by atoms with Crippen molar-refractivity contribution in [2.75, 3.05) is 7.11 Å². The highest BCUT2D eigenvalue weighted by Crippen LogP contribution is 2.28. The fourth-order valence-electron chi connectivity index (χ4n) is 3.46. The van der Waals surface area contributed by atoms with E-state index in [0.717, 1.165) is 41.1 Å². The Hall–Kier alpha value is -3.01. The Morgan fingerprint density at radius 2 is 1.58 bits per heavy atom. The van der Waals surface area contributed by atoms with E-state index in [9.17, 15) is 0 Å². The minimum atomic E-state index is 0.502. The van der Waals surface area contributed by atoms with E-state index in [-0.39, 0.29) is 0 Å². The van der Waals surface area contributed by atoms with E-state index >= 15 is 0 Å². The van der Waals surface area contributed by atoms with Gasteiger partial charge in [-0.3, -0.25) is 0 Å². The molecular formula is C22H21N3O. The zero-order valence-electron chi connectivity index (χ0n) is 15.0. The molecule has 1 aromatic heterocycles. The molecule has 2 aromatic carbocycles. The smallest absolute Gasteiger partial charge is 0.106 e. The summed E-state index contributed by atoms with van der Waals surface area (Å²) in [6.07, 6.45) is 1.83. The lowest BCUT2D eigenvalue weighted by molar-refractivity contribution is 0.212. The Kier molecular flexibility index (Phi) is 4.48. The number of aromatic nitrogens is 2. The first-order chi connectivity index (χ1) is 12.7. The average molecular weight is 343 g/mol. The predicted molar refractivity (Wildman–Crippen MR) is 104 cm³/mol. The molecular weight excluding hydrogens is 322 g/mol. The van der Waals surface area contributed by atoms with Crippen LogP contribution in [0.2, 0.25) is 0 Å². The monoisotopic (exact) mass is 343 g/mol. The number of benzene rings is 2. The van der Waals surface area contributed by atoms with Crippen LogP contribution in [0.15, 0.2) is 65.8 Å². The van der Waals surface area contributed by atoms with Gasteiger partial charge in [-0.15, -0.1) is 0 Å². The SMILES string of the molecule is CON=C1C[C@H](C)Cc2nnc(-c3ccc(-c4ccccc4)cc3)cc21. The van der Waals surface area contributed by atoms with E-state index in [4.69, 9.17) is 4.84 Å². The molecule has 1 aliphatic rings. The molecule has 0 aliphatic heterocycles. The molecule has 4 nitrogen and oxygen atoms in total. The fraction of sp³-hybridized carbons (Fsp3) is 0.227. The first-order valence-electron chi connectivity index (χ1n) is 8.87. The minimum Gasteiger partial charge on any atom is -0.399 e. The molecule has 130 valence electrons. The van der Waals surface area contributed by atoms with E-state index in [1.54, 1.807) is 7.11 Å². The summed E-state index contributed by atoms with van der Waals surface area (Å²) in [5.41, 5.74) is 7.33. The topological polar surface area (TPSA) is 47.4 Å². The second-order valence-corrected chi connectivity index (χ2v) is 6.77. The lowest BCUT2D eigenvalue weighted by Crippen LogP contribution is -2.21. The molecule has 0 bridgehead atoms. The van der Waals surface area contributed by atoms with Gasteiger partial charge in [-0.2, -0.15) is 10.2 Å². The standard InChI is InChI=1S/C22H21N3O/c1-15-12-21-19(22(13-15)25-26-2)14-20(23-24-21)18-10-8-17(9-11-18)16-6-4-3-5-7-16/h3-11,14-15H,12-13H2,1-2H3/t15-/m1/s1. The number of oxime groups is 1. The van der Waals surface area contributed by atoms with Gasteiger partial charge in [-0.1, -0.05) is 66.7 Å². The van der Waals surface area contributed by atoms with Crippen LogP contribution in [-0.4, -0.2) is 23.0 Å². The van der Waals surface area contributed by atoms with Crippen LogP contribution in [0.5, 0.6) is 0 Å². The third-order valence-electron chi connectivity index (χ3n) is 4.75. The van der Waals surface area contributed by atoms with Crippen molar-refractivity contribution < 1.29 is 4.84 Å². The Labute approximate surface area is 153 Å². The van der Waals surface area contributed by atoms with Crippen LogP contribution in [0.25, 0.3) is 22.4 Å². The second kappa shape index (κ2) is 7.08. The van der Waals surface area contributed by atoms with E-state index in [2.05, 4.69) is 76.9 Å². The molecule has 0 amide bonds. The van der Waals surface area contributed by atoms with Crippen LogP contribution in [0.1, 0.15) is 24.6 Å². The quantitative estimate of drug-likeness (QED) is 0.645. The molecule has 0 unspecified atom stereocenters. The van der Waals surface area contributed by atoms with Gasteiger partial charge in [-0.05, 0) is 36.0 Å². The number of hydrogen-bond acceptors (Lipinski definition) is 4. The summed E-state index contributed by atoms with van der Waals surface area (Å²) >= 11 is 0. The molecule has 1 aliphatic carbocycles. The van der Waals surface area contributed by atoms with Gasteiger partial charge in [0.15, 0.2) is 0 Å². The summed E-state index contributed by atoms with van der Waals surface area (Å²) < 4.78 is 0. The molecule has 0 spiro atoms. The maximum Gasteiger partial charge on any atom is 0.106 e. The molecule has 4 heteroatoms. The van der Waals surface area contributed by atoms with Crippen molar-refractivity contribution in [2.45, 2.75) is 19.8 Å². The summed E-state index contributed by atoms with van der Waals surface area (Å²) in [6, 6.07) is 20.9. The van der Waals surface area contributed by atoms with Gasteiger partial charge in [-0.25, -0.2) is 0 Å². The van der Waals surface area contributed by atoms with Gasteiger partial charge in [0, 0.05) is 11.1 Å². The van der Waals surface area contributed by atoms with E-state index in [1.807, 2.05) is 6.07 Å². The van der Waals surface area contributed by atoms with Crippen molar-refractivity contribution in [3.05, 3.63) is 71.9 Å². The van der Waals surface area contributed by atoms with E-state index in [1.165, 1.54) is 11.1 Å². The number of rotatable bonds is 3. The first-order valence-corrected chi connectivity index (χ1v) is 8.87. The first kappa shape index (κ1) is 16.5.